The maximum atomic E-state index is 12.0. The number of carbonyl (C=O) groups is 2. The van der Waals surface area contributed by atoms with Gasteiger partial charge in [0.05, 0.1) is 5.56 Å². The number of aryl methyl sites for hydroxylation is 1. The Bertz CT molecular complexity index is 598. The van der Waals surface area contributed by atoms with Crippen LogP contribution in [-0.2, 0) is 0 Å². The third-order valence-corrected chi connectivity index (χ3v) is 2.56. The molecule has 2 rings (SSSR count). The Balaban J connectivity index is 2.33. The Kier molecular flexibility index (Phi) is 2.88. The zero-order valence-electron chi connectivity index (χ0n) is 9.77. The molecule has 0 aromatic carbocycles. The van der Waals surface area contributed by atoms with Crippen molar-refractivity contribution in [1.82, 2.24) is 10.1 Å². The van der Waals surface area contributed by atoms with E-state index in [4.69, 9.17) is 5.11 Å². The summed E-state index contributed by atoms with van der Waals surface area (Å²) in [5.74, 6) is -1.25. The third-order valence-electron chi connectivity index (χ3n) is 2.56. The minimum atomic E-state index is -1.10. The monoisotopic (exact) mass is 249 g/mol. The number of H-pyrrole nitrogens is 1. The average Bonchev–Trinajstić information content (AvgIpc) is 2.86. The van der Waals surface area contributed by atoms with E-state index < -0.39 is 11.9 Å². The smallest absolute Gasteiger partial charge is 0.352 e. The van der Waals surface area contributed by atoms with E-state index in [9.17, 15) is 9.59 Å². The summed E-state index contributed by atoms with van der Waals surface area (Å²) in [5, 5.41) is 15.0. The number of aromatic nitrogens is 2. The number of amides is 1. The Morgan fingerprint density at radius 2 is 2.17 bits per heavy atom. The van der Waals surface area contributed by atoms with E-state index in [-0.39, 0.29) is 11.5 Å². The van der Waals surface area contributed by atoms with Crippen LogP contribution in [0.15, 0.2) is 16.9 Å². The van der Waals surface area contributed by atoms with Crippen molar-refractivity contribution in [1.29, 1.82) is 0 Å². The number of hydrogen-bond acceptors (Lipinski definition) is 4. The SMILES string of the molecule is Cc1[nH]c(C(=O)O)c(C)c1C(=O)Nc1ccon1. The minimum absolute atomic E-state index is 0.0119. The van der Waals surface area contributed by atoms with E-state index in [1.807, 2.05) is 0 Å². The van der Waals surface area contributed by atoms with Crippen LogP contribution in [0, 0.1) is 13.8 Å². The molecule has 0 saturated carbocycles. The van der Waals surface area contributed by atoms with Gasteiger partial charge in [-0.2, -0.15) is 0 Å². The first-order valence-corrected chi connectivity index (χ1v) is 5.15. The number of aromatic amines is 1. The lowest BCUT2D eigenvalue weighted by molar-refractivity contribution is 0.0690. The largest absolute Gasteiger partial charge is 0.477 e. The van der Waals surface area contributed by atoms with E-state index >= 15 is 0 Å². The van der Waals surface area contributed by atoms with Crippen LogP contribution in [0.2, 0.25) is 0 Å². The second-order valence-electron chi connectivity index (χ2n) is 3.77. The minimum Gasteiger partial charge on any atom is -0.477 e. The molecule has 1 amide bonds. The van der Waals surface area contributed by atoms with Gasteiger partial charge in [0.25, 0.3) is 5.91 Å². The van der Waals surface area contributed by atoms with Crippen LogP contribution in [0.1, 0.15) is 32.1 Å². The molecule has 2 aromatic rings. The molecular weight excluding hydrogens is 238 g/mol. The average molecular weight is 249 g/mol. The Morgan fingerprint density at radius 3 is 2.67 bits per heavy atom. The van der Waals surface area contributed by atoms with Gasteiger partial charge in [-0.3, -0.25) is 4.79 Å². The molecule has 2 aromatic heterocycles. The van der Waals surface area contributed by atoms with Crippen LogP contribution in [-0.4, -0.2) is 27.1 Å². The highest BCUT2D eigenvalue weighted by atomic mass is 16.5. The van der Waals surface area contributed by atoms with Crippen LogP contribution in [0.25, 0.3) is 0 Å². The fourth-order valence-electron chi connectivity index (χ4n) is 1.76. The van der Waals surface area contributed by atoms with Crippen LogP contribution >= 0.6 is 0 Å². The topological polar surface area (TPSA) is 108 Å². The molecule has 0 aliphatic carbocycles. The number of carbonyl (C=O) groups excluding carboxylic acids is 1. The van der Waals surface area contributed by atoms with Gasteiger partial charge in [-0.1, -0.05) is 5.16 Å². The molecule has 0 bridgehead atoms. The summed E-state index contributed by atoms with van der Waals surface area (Å²) in [6.07, 6.45) is 1.33. The first kappa shape index (κ1) is 11.9. The van der Waals surface area contributed by atoms with Gasteiger partial charge < -0.3 is 19.9 Å². The summed E-state index contributed by atoms with van der Waals surface area (Å²) >= 11 is 0. The van der Waals surface area contributed by atoms with E-state index in [1.54, 1.807) is 13.8 Å². The van der Waals surface area contributed by atoms with Gasteiger partial charge in [0.2, 0.25) is 0 Å². The van der Waals surface area contributed by atoms with Crippen LogP contribution in [0.5, 0.6) is 0 Å². The molecule has 0 aliphatic rings. The highest BCUT2D eigenvalue weighted by Crippen LogP contribution is 2.19. The second kappa shape index (κ2) is 4.36. The van der Waals surface area contributed by atoms with Crippen molar-refractivity contribution >= 4 is 17.7 Å². The highest BCUT2D eigenvalue weighted by Gasteiger charge is 2.21. The van der Waals surface area contributed by atoms with Gasteiger partial charge in [-0.05, 0) is 19.4 Å². The van der Waals surface area contributed by atoms with E-state index in [0.717, 1.165) is 0 Å². The molecule has 0 unspecified atom stereocenters. The Morgan fingerprint density at radius 1 is 1.44 bits per heavy atom. The summed E-state index contributed by atoms with van der Waals surface area (Å²) in [4.78, 5) is 25.6. The molecule has 0 atom stereocenters. The quantitative estimate of drug-likeness (QED) is 0.765. The standard InChI is InChI=1S/C11H11N3O4/c1-5-8(6(2)12-9(5)11(16)17)10(15)13-7-3-4-18-14-7/h3-4,12H,1-2H3,(H,16,17)(H,13,14,15). The lowest BCUT2D eigenvalue weighted by Gasteiger charge is -2.01. The molecule has 7 heteroatoms. The van der Waals surface area contributed by atoms with Gasteiger partial charge in [-0.15, -0.1) is 0 Å². The molecule has 0 spiro atoms. The zero-order chi connectivity index (χ0) is 13.3. The fourth-order valence-corrected chi connectivity index (χ4v) is 1.76. The van der Waals surface area contributed by atoms with Crippen LogP contribution < -0.4 is 5.32 Å². The Hall–Kier alpha value is -2.57. The van der Waals surface area contributed by atoms with Gasteiger partial charge in [0, 0.05) is 11.8 Å². The summed E-state index contributed by atoms with van der Waals surface area (Å²) < 4.78 is 4.59. The zero-order valence-corrected chi connectivity index (χ0v) is 9.77. The van der Waals surface area contributed by atoms with Crippen LogP contribution in [0.4, 0.5) is 5.82 Å². The molecular formula is C11H11N3O4. The van der Waals surface area contributed by atoms with Crippen molar-refractivity contribution in [2.75, 3.05) is 5.32 Å². The molecule has 0 saturated heterocycles. The summed E-state index contributed by atoms with van der Waals surface area (Å²) in [6.45, 7) is 3.21. The predicted octanol–water partition coefficient (Wildman–Crippen LogP) is 1.57. The molecule has 0 fully saturated rings. The number of aromatic carboxylic acids is 1. The lowest BCUT2D eigenvalue weighted by Crippen LogP contribution is -2.14. The van der Waals surface area contributed by atoms with Gasteiger partial charge in [-0.25, -0.2) is 4.79 Å². The van der Waals surface area contributed by atoms with Gasteiger partial charge in [0.15, 0.2) is 5.82 Å². The van der Waals surface area contributed by atoms with Crippen molar-refractivity contribution < 1.29 is 19.2 Å². The molecule has 2 heterocycles. The number of rotatable bonds is 3. The van der Waals surface area contributed by atoms with Crippen molar-refractivity contribution in [3.63, 3.8) is 0 Å². The number of nitrogens with one attached hydrogen (secondary N) is 2. The molecule has 7 nitrogen and oxygen atoms in total. The number of carboxylic acid groups (broad SMARTS) is 1. The number of carboxylic acids is 1. The molecule has 3 N–H and O–H groups in total. The van der Waals surface area contributed by atoms with E-state index in [2.05, 4.69) is 20.0 Å². The van der Waals surface area contributed by atoms with Crippen LogP contribution in [0.3, 0.4) is 0 Å². The van der Waals surface area contributed by atoms with E-state index in [1.165, 1.54) is 12.3 Å². The number of anilines is 1. The molecule has 18 heavy (non-hydrogen) atoms. The highest BCUT2D eigenvalue weighted by molar-refractivity contribution is 6.07. The fraction of sp³-hybridized carbons (Fsp3) is 0.182. The predicted molar refractivity (Wildman–Crippen MR) is 61.7 cm³/mol. The lowest BCUT2D eigenvalue weighted by atomic mass is 10.1. The van der Waals surface area contributed by atoms with E-state index in [0.29, 0.717) is 16.8 Å². The number of hydrogen-bond donors (Lipinski definition) is 3. The normalized spacial score (nSPS) is 10.3. The summed E-state index contributed by atoms with van der Waals surface area (Å²) in [6, 6.07) is 1.49. The van der Waals surface area contributed by atoms with Crippen molar-refractivity contribution in [3.05, 3.63) is 34.8 Å². The maximum absolute atomic E-state index is 12.0. The molecule has 0 aliphatic heterocycles. The third kappa shape index (κ3) is 1.97. The molecule has 94 valence electrons. The number of nitrogens with zero attached hydrogens (tertiary/aromatic N) is 1. The Labute approximate surface area is 102 Å². The summed E-state index contributed by atoms with van der Waals surface area (Å²) in [7, 11) is 0. The van der Waals surface area contributed by atoms with Crippen molar-refractivity contribution in [2.24, 2.45) is 0 Å². The second-order valence-corrected chi connectivity index (χ2v) is 3.77. The van der Waals surface area contributed by atoms with Crippen molar-refractivity contribution in [2.45, 2.75) is 13.8 Å². The van der Waals surface area contributed by atoms with Gasteiger partial charge >= 0.3 is 5.97 Å². The van der Waals surface area contributed by atoms with Gasteiger partial charge in [0.1, 0.15) is 12.0 Å². The first-order chi connectivity index (χ1) is 8.50. The first-order valence-electron chi connectivity index (χ1n) is 5.15. The molecule has 0 radical (unpaired) electrons. The summed E-state index contributed by atoms with van der Waals surface area (Å²) in [5.41, 5.74) is 1.19. The van der Waals surface area contributed by atoms with Crippen molar-refractivity contribution in [3.8, 4) is 0 Å². The maximum Gasteiger partial charge on any atom is 0.352 e.